The molecule has 0 aliphatic rings. The Kier molecular flexibility index (Phi) is 4.74. The number of nitrogens with zero attached hydrogens (tertiary/aromatic N) is 1. The van der Waals surface area contributed by atoms with Gasteiger partial charge in [0, 0.05) is 23.3 Å². The Hall–Kier alpha value is -2.59. The van der Waals surface area contributed by atoms with Crippen LogP contribution in [0.15, 0.2) is 61.1 Å². The van der Waals surface area contributed by atoms with Crippen molar-refractivity contribution in [1.82, 2.24) is 9.97 Å². The van der Waals surface area contributed by atoms with E-state index in [1.54, 1.807) is 30.6 Å². The zero-order valence-electron chi connectivity index (χ0n) is 12.3. The predicted molar refractivity (Wildman–Crippen MR) is 88.4 cm³/mol. The molecule has 4 nitrogen and oxygen atoms in total. The lowest BCUT2D eigenvalue weighted by atomic mass is 10.1. The molecule has 0 bridgehead atoms. The number of imidazole rings is 1. The molecule has 0 fully saturated rings. The van der Waals surface area contributed by atoms with Crippen molar-refractivity contribution in [3.8, 4) is 0 Å². The maximum atomic E-state index is 11.9. The number of H-pyrrole nitrogens is 1. The average Bonchev–Trinajstić information content (AvgIpc) is 3.07. The summed E-state index contributed by atoms with van der Waals surface area (Å²) in [4.78, 5) is 19.0. The Bertz CT molecular complexity index is 766. The highest BCUT2D eigenvalue weighted by Crippen LogP contribution is 2.13. The third-order valence-electron chi connectivity index (χ3n) is 3.42. The second kappa shape index (κ2) is 7.11. The molecule has 0 saturated carbocycles. The van der Waals surface area contributed by atoms with Gasteiger partial charge in [0.25, 0.3) is 0 Å². The van der Waals surface area contributed by atoms with E-state index >= 15 is 0 Å². The van der Waals surface area contributed by atoms with Crippen LogP contribution in [0.1, 0.15) is 27.2 Å². The molecular weight excluding hydrogens is 312 g/mol. The number of esters is 1. The van der Waals surface area contributed by atoms with E-state index in [9.17, 15) is 4.79 Å². The van der Waals surface area contributed by atoms with Crippen LogP contribution in [0.2, 0.25) is 5.02 Å². The summed E-state index contributed by atoms with van der Waals surface area (Å²) in [6.45, 7) is 0.242. The molecule has 3 aromatic rings. The lowest BCUT2D eigenvalue weighted by molar-refractivity contribution is 0.0472. The van der Waals surface area contributed by atoms with Gasteiger partial charge in [-0.15, -0.1) is 0 Å². The van der Waals surface area contributed by atoms with Crippen molar-refractivity contribution in [3.63, 3.8) is 0 Å². The molecule has 5 heteroatoms. The minimum Gasteiger partial charge on any atom is -0.457 e. The van der Waals surface area contributed by atoms with E-state index in [0.717, 1.165) is 17.7 Å². The zero-order chi connectivity index (χ0) is 16.1. The summed E-state index contributed by atoms with van der Waals surface area (Å²) in [5.41, 5.74) is 3.67. The van der Waals surface area contributed by atoms with E-state index in [-0.39, 0.29) is 12.6 Å². The van der Waals surface area contributed by atoms with Gasteiger partial charge in [-0.2, -0.15) is 0 Å². The van der Waals surface area contributed by atoms with Crippen LogP contribution in [0.5, 0.6) is 0 Å². The van der Waals surface area contributed by atoms with Crippen LogP contribution in [0.25, 0.3) is 0 Å². The molecule has 0 amide bonds. The number of aromatic amines is 1. The minimum atomic E-state index is -0.358. The summed E-state index contributed by atoms with van der Waals surface area (Å²) in [5.74, 6) is -0.358. The average molecular weight is 327 g/mol. The van der Waals surface area contributed by atoms with Gasteiger partial charge in [-0.1, -0.05) is 35.9 Å². The van der Waals surface area contributed by atoms with Crippen molar-refractivity contribution in [3.05, 3.63) is 88.5 Å². The SMILES string of the molecule is O=C(OCc1ccc(Cc2cnc[nH]2)cc1)c1ccc(Cl)cc1. The number of hydrogen-bond donors (Lipinski definition) is 1. The van der Waals surface area contributed by atoms with Gasteiger partial charge in [-0.05, 0) is 35.4 Å². The predicted octanol–water partition coefficient (Wildman–Crippen LogP) is 4.01. The maximum Gasteiger partial charge on any atom is 0.338 e. The first-order valence-electron chi connectivity index (χ1n) is 7.18. The lowest BCUT2D eigenvalue weighted by Crippen LogP contribution is -2.05. The van der Waals surface area contributed by atoms with Crippen LogP contribution in [0, 0.1) is 0 Å². The van der Waals surface area contributed by atoms with Crippen molar-refractivity contribution >= 4 is 17.6 Å². The van der Waals surface area contributed by atoms with Crippen LogP contribution < -0.4 is 0 Å². The number of benzene rings is 2. The maximum absolute atomic E-state index is 11.9. The van der Waals surface area contributed by atoms with E-state index in [4.69, 9.17) is 16.3 Å². The van der Waals surface area contributed by atoms with Crippen molar-refractivity contribution < 1.29 is 9.53 Å². The smallest absolute Gasteiger partial charge is 0.338 e. The number of aromatic nitrogens is 2. The second-order valence-corrected chi connectivity index (χ2v) is 5.59. The number of hydrogen-bond acceptors (Lipinski definition) is 3. The van der Waals surface area contributed by atoms with Crippen LogP contribution in [-0.4, -0.2) is 15.9 Å². The van der Waals surface area contributed by atoms with Crippen molar-refractivity contribution in [1.29, 1.82) is 0 Å². The molecule has 0 aliphatic heterocycles. The fraction of sp³-hybridized carbons (Fsp3) is 0.111. The zero-order valence-corrected chi connectivity index (χ0v) is 13.1. The number of ether oxygens (including phenoxy) is 1. The standard InChI is InChI=1S/C18H15ClN2O2/c19-16-7-5-15(6-8-16)18(22)23-11-14-3-1-13(2-4-14)9-17-10-20-12-21-17/h1-8,10,12H,9,11H2,(H,20,21). The molecule has 1 N–H and O–H groups in total. The molecule has 0 spiro atoms. The Morgan fingerprint density at radius 2 is 1.74 bits per heavy atom. The summed E-state index contributed by atoms with van der Waals surface area (Å²) >= 11 is 5.80. The molecule has 116 valence electrons. The van der Waals surface area contributed by atoms with E-state index in [2.05, 4.69) is 9.97 Å². The highest BCUT2D eigenvalue weighted by Gasteiger charge is 2.07. The first kappa shape index (κ1) is 15.3. The van der Waals surface area contributed by atoms with Crippen LogP contribution in [-0.2, 0) is 17.8 Å². The van der Waals surface area contributed by atoms with Gasteiger partial charge in [0.1, 0.15) is 6.61 Å². The van der Waals surface area contributed by atoms with Gasteiger partial charge in [0.05, 0.1) is 11.9 Å². The molecule has 1 aromatic heterocycles. The Labute approximate surface area is 139 Å². The molecular formula is C18H15ClN2O2. The molecule has 1 heterocycles. The van der Waals surface area contributed by atoms with Crippen LogP contribution in [0.3, 0.4) is 0 Å². The number of nitrogens with one attached hydrogen (secondary N) is 1. The summed E-state index contributed by atoms with van der Waals surface area (Å²) in [6, 6.07) is 14.6. The first-order chi connectivity index (χ1) is 11.2. The largest absolute Gasteiger partial charge is 0.457 e. The van der Waals surface area contributed by atoms with Gasteiger partial charge in [0.2, 0.25) is 0 Å². The molecule has 0 unspecified atom stereocenters. The topological polar surface area (TPSA) is 55.0 Å². The van der Waals surface area contributed by atoms with E-state index in [1.165, 1.54) is 5.56 Å². The lowest BCUT2D eigenvalue weighted by Gasteiger charge is -2.06. The van der Waals surface area contributed by atoms with Gasteiger partial charge in [-0.25, -0.2) is 9.78 Å². The van der Waals surface area contributed by atoms with Gasteiger partial charge < -0.3 is 9.72 Å². The monoisotopic (exact) mass is 326 g/mol. The molecule has 0 aliphatic carbocycles. The molecule has 23 heavy (non-hydrogen) atoms. The third kappa shape index (κ3) is 4.20. The molecule has 0 saturated heterocycles. The highest BCUT2D eigenvalue weighted by molar-refractivity contribution is 6.30. The van der Waals surface area contributed by atoms with Crippen molar-refractivity contribution in [2.75, 3.05) is 0 Å². The van der Waals surface area contributed by atoms with Gasteiger partial charge in [0.15, 0.2) is 0 Å². The van der Waals surface area contributed by atoms with Gasteiger partial charge in [-0.3, -0.25) is 0 Å². The summed E-state index contributed by atoms with van der Waals surface area (Å²) < 4.78 is 5.30. The molecule has 0 atom stereocenters. The summed E-state index contributed by atoms with van der Waals surface area (Å²) in [6.07, 6.45) is 4.27. The van der Waals surface area contributed by atoms with E-state index < -0.39 is 0 Å². The highest BCUT2D eigenvalue weighted by atomic mass is 35.5. The fourth-order valence-corrected chi connectivity index (χ4v) is 2.30. The minimum absolute atomic E-state index is 0.242. The van der Waals surface area contributed by atoms with Crippen LogP contribution >= 0.6 is 11.6 Å². The number of carbonyl (C=O) groups is 1. The van der Waals surface area contributed by atoms with Crippen molar-refractivity contribution in [2.24, 2.45) is 0 Å². The van der Waals surface area contributed by atoms with Crippen molar-refractivity contribution in [2.45, 2.75) is 13.0 Å². The van der Waals surface area contributed by atoms with E-state index in [0.29, 0.717) is 10.6 Å². The Morgan fingerprint density at radius 3 is 2.39 bits per heavy atom. The number of halogens is 1. The third-order valence-corrected chi connectivity index (χ3v) is 3.67. The molecule has 3 rings (SSSR count). The van der Waals surface area contributed by atoms with Crippen LogP contribution in [0.4, 0.5) is 0 Å². The second-order valence-electron chi connectivity index (χ2n) is 5.15. The van der Waals surface area contributed by atoms with Gasteiger partial charge >= 0.3 is 5.97 Å². The Morgan fingerprint density at radius 1 is 1.04 bits per heavy atom. The quantitative estimate of drug-likeness (QED) is 0.721. The molecule has 2 aromatic carbocycles. The Balaban J connectivity index is 1.56. The first-order valence-corrected chi connectivity index (χ1v) is 7.56. The van der Waals surface area contributed by atoms with E-state index in [1.807, 2.05) is 30.5 Å². The summed E-state index contributed by atoms with van der Waals surface area (Å²) in [7, 11) is 0. The summed E-state index contributed by atoms with van der Waals surface area (Å²) in [5, 5.41) is 0.592. The normalized spacial score (nSPS) is 10.5. The number of rotatable bonds is 5. The fourth-order valence-electron chi connectivity index (χ4n) is 2.17. The number of carbonyl (C=O) groups excluding carboxylic acids is 1. The molecule has 0 radical (unpaired) electrons.